The van der Waals surface area contributed by atoms with E-state index in [1.807, 2.05) is 0 Å². The van der Waals surface area contributed by atoms with E-state index in [-0.39, 0.29) is 0 Å². The molecule has 6 aromatic carbocycles. The van der Waals surface area contributed by atoms with Crippen LogP contribution in [0.15, 0.2) is 0 Å². The summed E-state index contributed by atoms with van der Waals surface area (Å²) in [6, 6.07) is 0. The van der Waals surface area contributed by atoms with Crippen LogP contribution in [-0.4, -0.2) is 0 Å². The largest absolute Gasteiger partial charge is 0.203 e. The van der Waals surface area contributed by atoms with Gasteiger partial charge >= 0.3 is 0 Å². The normalized spacial score (nSPS) is 13.0. The molecule has 0 fully saturated rings. The van der Waals surface area contributed by atoms with Crippen molar-refractivity contribution in [2.24, 2.45) is 0 Å². The molecule has 150 valence electrons. The number of hydrogen-bond acceptors (Lipinski definition) is 0. The molecule has 0 amide bonds. The zero-order chi connectivity index (χ0) is 21.5. The molecule has 6 rings (SSSR count). The molecule has 0 heterocycles. The molecule has 0 saturated carbocycles. The summed E-state index contributed by atoms with van der Waals surface area (Å²) in [4.78, 5) is 0. The van der Waals surface area contributed by atoms with Gasteiger partial charge in [0.1, 0.15) is 0 Å². The summed E-state index contributed by atoms with van der Waals surface area (Å²) in [5, 5.41) is -11.2. The molecule has 0 N–H and O–H groups in total. The van der Waals surface area contributed by atoms with Gasteiger partial charge in [-0.1, -0.05) is 0 Å². The topological polar surface area (TPSA) is 0 Å². The zero-order valence-electron chi connectivity index (χ0n) is 13.8. The SMILES string of the molecule is Fc1c(F)c2c(F)c(F)c3c(F)c(F)c4c(F)c(F)c5c(F)c(F)c1c1c2c3c4c51. The van der Waals surface area contributed by atoms with Crippen molar-refractivity contribution in [3.63, 3.8) is 0 Å². The van der Waals surface area contributed by atoms with Crippen LogP contribution in [0.25, 0.3) is 53.9 Å². The average molecular weight is 430 g/mol. The Morgan fingerprint density at radius 2 is 0.267 bits per heavy atom. The molecule has 0 saturated heterocycles. The zero-order valence-corrected chi connectivity index (χ0v) is 13.8. The molecule has 6 aromatic rings. The van der Waals surface area contributed by atoms with E-state index in [0.29, 0.717) is 0 Å². The van der Waals surface area contributed by atoms with E-state index in [4.69, 9.17) is 0 Å². The summed E-state index contributed by atoms with van der Waals surface area (Å²) in [5.74, 6) is -21.2. The predicted molar refractivity (Wildman–Crippen MR) is 87.1 cm³/mol. The van der Waals surface area contributed by atoms with E-state index in [1.54, 1.807) is 0 Å². The highest BCUT2D eigenvalue weighted by Crippen LogP contribution is 2.54. The minimum Gasteiger partial charge on any atom is -0.203 e. The molecule has 0 atom stereocenters. The van der Waals surface area contributed by atoms with Gasteiger partial charge in [0.15, 0.2) is 58.2 Å². The van der Waals surface area contributed by atoms with Crippen LogP contribution in [-0.2, 0) is 0 Å². The summed E-state index contributed by atoms with van der Waals surface area (Å²) in [5.41, 5.74) is 0. The van der Waals surface area contributed by atoms with Gasteiger partial charge < -0.3 is 0 Å². The van der Waals surface area contributed by atoms with Crippen LogP contribution < -0.4 is 0 Å². The number of hydrogen-bond donors (Lipinski definition) is 0. The van der Waals surface area contributed by atoms with Crippen molar-refractivity contribution in [2.75, 3.05) is 0 Å². The third-order valence-electron chi connectivity index (χ3n) is 5.66. The van der Waals surface area contributed by atoms with E-state index in [0.717, 1.165) is 0 Å². The van der Waals surface area contributed by atoms with Crippen molar-refractivity contribution in [2.45, 2.75) is 0 Å². The second kappa shape index (κ2) is 4.88. The summed E-state index contributed by atoms with van der Waals surface area (Å²) < 4.78 is 146. The minimum atomic E-state index is -2.12. The van der Waals surface area contributed by atoms with Crippen LogP contribution in [0, 0.1) is 58.2 Å². The standard InChI is InChI=1S/C20F10/c21-11-6-1-2-4-5-3(1)8(14(24)12(6)22)16(26)18(28)10(5)20(30)19(29)9(4)17(27)15(25)7(2)13(11)23. The Labute approximate surface area is 156 Å². The summed E-state index contributed by atoms with van der Waals surface area (Å²) in [6.45, 7) is 0. The van der Waals surface area contributed by atoms with E-state index in [1.165, 1.54) is 0 Å². The van der Waals surface area contributed by atoms with Crippen LogP contribution in [0.4, 0.5) is 43.9 Å². The maximum absolute atomic E-state index is 14.6. The molecule has 0 spiro atoms. The Kier molecular flexibility index (Phi) is 2.85. The first kappa shape index (κ1) is 17.5. The Bertz CT molecular complexity index is 1330. The molecule has 0 aliphatic rings. The lowest BCUT2D eigenvalue weighted by atomic mass is 9.97. The molecule has 0 nitrogen and oxygen atoms in total. The van der Waals surface area contributed by atoms with Crippen molar-refractivity contribution < 1.29 is 43.9 Å². The Hall–Kier alpha value is -3.30. The van der Waals surface area contributed by atoms with Crippen LogP contribution >= 0.6 is 0 Å². The van der Waals surface area contributed by atoms with Gasteiger partial charge in [-0.25, -0.2) is 43.9 Å². The Balaban J connectivity index is 2.27. The van der Waals surface area contributed by atoms with Gasteiger partial charge in [-0.3, -0.25) is 0 Å². The molecule has 0 aliphatic heterocycles. The van der Waals surface area contributed by atoms with Crippen LogP contribution in [0.5, 0.6) is 0 Å². The third-order valence-corrected chi connectivity index (χ3v) is 5.66. The highest BCUT2D eigenvalue weighted by atomic mass is 19.2. The van der Waals surface area contributed by atoms with Gasteiger partial charge in [0.25, 0.3) is 0 Å². The van der Waals surface area contributed by atoms with Gasteiger partial charge in [0, 0.05) is 26.9 Å². The third kappa shape index (κ3) is 1.48. The Morgan fingerprint density at radius 3 is 0.367 bits per heavy atom. The molecular weight excluding hydrogens is 430 g/mol. The maximum atomic E-state index is 14.6. The predicted octanol–water partition coefficient (Wildman–Crippen LogP) is 7.16. The molecule has 0 aromatic heterocycles. The minimum absolute atomic E-state index is 0.842. The smallest absolute Gasteiger partial charge is 0.170 e. The van der Waals surface area contributed by atoms with Gasteiger partial charge in [0.2, 0.25) is 0 Å². The van der Waals surface area contributed by atoms with Crippen LogP contribution in [0.2, 0.25) is 0 Å². The van der Waals surface area contributed by atoms with Crippen molar-refractivity contribution in [3.05, 3.63) is 58.2 Å². The fraction of sp³-hybridized carbons (Fsp3) is 0. The van der Waals surface area contributed by atoms with Gasteiger partial charge in [-0.2, -0.15) is 0 Å². The first-order valence-corrected chi connectivity index (χ1v) is 8.14. The molecule has 0 unspecified atom stereocenters. The van der Waals surface area contributed by atoms with Gasteiger partial charge in [-0.15, -0.1) is 0 Å². The molecule has 0 aliphatic carbocycles. The second-order valence-corrected chi connectivity index (χ2v) is 6.89. The van der Waals surface area contributed by atoms with E-state index >= 15 is 0 Å². The Morgan fingerprint density at radius 1 is 0.167 bits per heavy atom. The molecule has 30 heavy (non-hydrogen) atoms. The van der Waals surface area contributed by atoms with E-state index in [2.05, 4.69) is 0 Å². The van der Waals surface area contributed by atoms with Crippen molar-refractivity contribution >= 4 is 53.9 Å². The lowest BCUT2D eigenvalue weighted by Crippen LogP contribution is -2.00. The lowest BCUT2D eigenvalue weighted by molar-refractivity contribution is 0.488. The van der Waals surface area contributed by atoms with Crippen molar-refractivity contribution in [1.29, 1.82) is 0 Å². The van der Waals surface area contributed by atoms with Crippen molar-refractivity contribution in [1.82, 2.24) is 0 Å². The number of halogens is 10. The van der Waals surface area contributed by atoms with Crippen molar-refractivity contribution in [3.8, 4) is 0 Å². The quantitative estimate of drug-likeness (QED) is 0.177. The summed E-state index contributed by atoms with van der Waals surface area (Å²) in [6.07, 6.45) is 0. The monoisotopic (exact) mass is 430 g/mol. The fourth-order valence-electron chi connectivity index (χ4n) is 4.55. The van der Waals surface area contributed by atoms with E-state index < -0.39 is 112 Å². The first-order chi connectivity index (χ1) is 14.1. The molecule has 0 bridgehead atoms. The average Bonchev–Trinajstić information content (AvgIpc) is 3.02. The second-order valence-electron chi connectivity index (χ2n) is 6.89. The summed E-state index contributed by atoms with van der Waals surface area (Å²) in [7, 11) is 0. The molecule has 0 radical (unpaired) electrons. The van der Waals surface area contributed by atoms with E-state index in [9.17, 15) is 43.9 Å². The van der Waals surface area contributed by atoms with Crippen LogP contribution in [0.1, 0.15) is 0 Å². The first-order valence-electron chi connectivity index (χ1n) is 8.14. The molecule has 10 heteroatoms. The van der Waals surface area contributed by atoms with Gasteiger partial charge in [0.05, 0.1) is 26.9 Å². The summed E-state index contributed by atoms with van der Waals surface area (Å²) >= 11 is 0. The highest BCUT2D eigenvalue weighted by Gasteiger charge is 2.38. The molecular formula is C20F10. The maximum Gasteiger partial charge on any atom is 0.170 e. The van der Waals surface area contributed by atoms with Crippen LogP contribution in [0.3, 0.4) is 0 Å². The number of benzene rings is 5. The van der Waals surface area contributed by atoms with Gasteiger partial charge in [-0.05, 0) is 0 Å². The number of rotatable bonds is 0. The lowest BCUT2D eigenvalue weighted by Gasteiger charge is -2.11. The highest BCUT2D eigenvalue weighted by molar-refractivity contribution is 6.44. The fourth-order valence-corrected chi connectivity index (χ4v) is 4.55.